The average Bonchev–Trinajstić information content (AvgIpc) is 1.83. The lowest BCUT2D eigenvalue weighted by molar-refractivity contribution is 0.0208. The van der Waals surface area contributed by atoms with E-state index in [9.17, 15) is 24.4 Å². The fourth-order valence-electron chi connectivity index (χ4n) is 10.7. The summed E-state index contributed by atoms with van der Waals surface area (Å²) in [6.45, 7) is 34.3. The highest BCUT2D eigenvalue weighted by Crippen LogP contribution is 2.33. The van der Waals surface area contributed by atoms with Crippen LogP contribution in [0.4, 0.5) is 20.1 Å². The van der Waals surface area contributed by atoms with Crippen molar-refractivity contribution < 1.29 is 44.7 Å². The highest BCUT2D eigenvalue weighted by molar-refractivity contribution is 9.10. The third-order valence-corrected chi connectivity index (χ3v) is 22.5. The van der Waals surface area contributed by atoms with Crippen LogP contribution in [0.25, 0.3) is 34.2 Å². The van der Waals surface area contributed by atoms with E-state index >= 15 is 0 Å². The monoisotopic (exact) mass is 1630 g/mol. The maximum Gasteiger partial charge on any atom is 0.510 e. The molecule has 0 unspecified atom stereocenters. The van der Waals surface area contributed by atoms with Crippen LogP contribution < -0.4 is 16.2 Å². The first-order valence-corrected chi connectivity index (χ1v) is 46.0. The van der Waals surface area contributed by atoms with Gasteiger partial charge in [-0.2, -0.15) is 20.4 Å². The molecule has 8 aromatic heterocycles. The largest absolute Gasteiger partial charge is 0.510 e. The summed E-state index contributed by atoms with van der Waals surface area (Å²) in [4.78, 5) is 59.4. The number of fused-ring (bicyclic) bond motifs is 4. The molecule has 26 nitrogen and oxygen atoms in total. The predicted molar refractivity (Wildman–Crippen MR) is 422 cm³/mol. The third-order valence-electron chi connectivity index (χ3n) is 15.8. The number of anilines is 1. The van der Waals surface area contributed by atoms with Gasteiger partial charge < -0.3 is 54.3 Å². The molecule has 9 aromatic rings. The lowest BCUT2D eigenvalue weighted by Gasteiger charge is -2.30. The van der Waals surface area contributed by atoms with Gasteiger partial charge in [0.1, 0.15) is 63.4 Å². The van der Waals surface area contributed by atoms with Crippen LogP contribution in [-0.4, -0.2) is 177 Å². The van der Waals surface area contributed by atoms with Gasteiger partial charge in [-0.1, -0.05) is 70.8 Å². The number of benzene rings is 1. The SMILES string of the molecule is Brc1cscn1.CC(C)(C)OC(=O)N1CCc2c(c(-c3cscn3)nn2COCC[Si](C)(C)C)C1.CC(C)(C)OC(=O)N1CCc2c(c(B(O)O)nn2COCC[Si](C)(C)C)C1.Cl.O=C(Nc1cccc(Cl)c1)N1CCc2[nH]nc(-c3cscn3)c2C1.[2H]CC.c1nc(-c2n[nH]c3c2CNCC3)cs1. The molecule has 103 heavy (non-hydrogen) atoms. The molecule has 0 fully saturated rings. The molecule has 12 heterocycles. The summed E-state index contributed by atoms with van der Waals surface area (Å²) in [7, 11) is -3.99. The van der Waals surface area contributed by atoms with Gasteiger partial charge in [-0.3, -0.25) is 10.2 Å². The standard InChI is InChI=1S/C20H32N4O3SSi.C17H32BN3O5Si.C16H14ClN5OS.C9H10N4S.C3H2BrNS.C2H6.ClH/c1-20(2,3)27-19(25)23-8-7-17-15(11-23)18(16-12-28-13-21-16)22-24(17)14-26-9-10-29(4,5)6;1-17(2,3)26-16(22)20-8-7-14-13(11-20)15(18(23)24)19-21(14)12-25-9-10-27(4,5)6;17-10-2-1-3-11(6-10)19-16(23)22-5-4-13-12(7-22)15(21-20-13)14-8-24-9-18-14;1-2-10-3-6-7(1)12-13-9(6)8-4-14-5-11-8;4-3-1-6-2-5-3;1-2;/h12-13H,7-11,14H2,1-6H3;23-24H,7-12H2,1-6H3;1-3,6,8-9H,4-5,7H2,(H,19,23)(H,20,21);4-5,10H,1-3H2,(H,12,13);1-2H;1-2H3;1H/i;;;;;1D;. The summed E-state index contributed by atoms with van der Waals surface area (Å²) >= 11 is 15.4. The van der Waals surface area contributed by atoms with E-state index in [4.69, 9.17) is 37.0 Å². The lowest BCUT2D eigenvalue weighted by atomic mass is 9.81. The van der Waals surface area contributed by atoms with Crippen LogP contribution in [0.5, 0.6) is 0 Å². The normalized spacial score (nSPS) is 14.0. The van der Waals surface area contributed by atoms with Crippen molar-refractivity contribution >= 4 is 138 Å². The van der Waals surface area contributed by atoms with Gasteiger partial charge in [0.15, 0.2) is 0 Å². The Morgan fingerprint density at radius 1 is 0.660 bits per heavy atom. The van der Waals surface area contributed by atoms with Gasteiger partial charge in [0, 0.05) is 166 Å². The molecule has 1 aromatic carbocycles. The maximum absolute atomic E-state index is 12.6. The minimum atomic E-state index is -1.69. The Balaban J connectivity index is 0.000000189. The van der Waals surface area contributed by atoms with Crippen LogP contribution in [0.1, 0.15) is 102 Å². The van der Waals surface area contributed by atoms with E-state index in [0.29, 0.717) is 75.7 Å². The van der Waals surface area contributed by atoms with E-state index < -0.39 is 40.6 Å². The Kier molecular flexibility index (Phi) is 31.1. The number of rotatable bonds is 15. The molecule has 0 spiro atoms. The Morgan fingerprint density at radius 2 is 1.14 bits per heavy atom. The number of ether oxygens (including phenoxy) is 4. The second-order valence-corrected chi connectivity index (χ2v) is 43.9. The molecule has 0 bridgehead atoms. The minimum Gasteiger partial charge on any atom is -0.444 e. The van der Waals surface area contributed by atoms with E-state index in [2.05, 4.69) is 111 Å². The Labute approximate surface area is 642 Å². The number of aromatic amines is 2. The van der Waals surface area contributed by atoms with Gasteiger partial charge in [-0.05, 0) is 87.8 Å². The van der Waals surface area contributed by atoms with Crippen molar-refractivity contribution in [2.75, 3.05) is 44.7 Å². The second kappa shape index (κ2) is 38.8. The topological polar surface area (TPSA) is 307 Å². The first kappa shape index (κ1) is 82.4. The van der Waals surface area contributed by atoms with Crippen LogP contribution in [0.15, 0.2) is 72.4 Å². The number of hydrogen-bond acceptors (Lipinski definition) is 22. The van der Waals surface area contributed by atoms with E-state index in [1.165, 1.54) is 22.6 Å². The summed E-state index contributed by atoms with van der Waals surface area (Å²) < 4.78 is 33.5. The number of aromatic nitrogens is 12. The maximum atomic E-state index is 12.6. The molecule has 0 aliphatic carbocycles. The molecule has 0 saturated heterocycles. The number of carbonyl (C=O) groups excluding carboxylic acids is 3. The second-order valence-electron chi connectivity index (χ2n) is 28.5. The van der Waals surface area contributed by atoms with Gasteiger partial charge in [-0.25, -0.2) is 43.7 Å². The van der Waals surface area contributed by atoms with Gasteiger partial charge >= 0.3 is 25.3 Å². The number of hydrogen-bond donors (Lipinski definition) is 6. The first-order valence-electron chi connectivity index (χ1n) is 34.4. The van der Waals surface area contributed by atoms with E-state index in [1.807, 2.05) is 85.4 Å². The summed E-state index contributed by atoms with van der Waals surface area (Å²) in [6.07, 6.45) is 2.37. The molecule has 0 atom stereocenters. The summed E-state index contributed by atoms with van der Waals surface area (Å²) in [6, 6.07) is 9.16. The Bertz CT molecular complexity index is 4110. The third kappa shape index (κ3) is 25.5. The van der Waals surface area contributed by atoms with E-state index in [-0.39, 0.29) is 43.4 Å². The Morgan fingerprint density at radius 3 is 1.61 bits per heavy atom. The van der Waals surface area contributed by atoms with Gasteiger partial charge in [-0.15, -0.1) is 57.8 Å². The molecule has 0 saturated carbocycles. The van der Waals surface area contributed by atoms with Crippen LogP contribution in [0.2, 0.25) is 56.4 Å². The number of carbonyl (C=O) groups is 3. The Hall–Kier alpha value is -6.25. The summed E-state index contributed by atoms with van der Waals surface area (Å²) in [5.41, 5.74) is 20.7. The van der Waals surface area contributed by atoms with Crippen molar-refractivity contribution in [1.82, 2.24) is 79.9 Å². The van der Waals surface area contributed by atoms with Crippen molar-refractivity contribution in [3.63, 3.8) is 0 Å². The number of thiazole rings is 4. The van der Waals surface area contributed by atoms with Gasteiger partial charge in [0.2, 0.25) is 0 Å². The highest BCUT2D eigenvalue weighted by atomic mass is 79.9. The number of nitrogens with one attached hydrogen (secondary N) is 4. The van der Waals surface area contributed by atoms with Crippen molar-refractivity contribution in [3.05, 3.63) is 122 Å². The van der Waals surface area contributed by atoms with Crippen LogP contribution in [0.3, 0.4) is 0 Å². The lowest BCUT2D eigenvalue weighted by Crippen LogP contribution is -2.43. The number of amides is 4. The predicted octanol–water partition coefficient (Wildman–Crippen LogP) is 14.1. The number of halogens is 3. The highest BCUT2D eigenvalue weighted by Gasteiger charge is 2.35. The molecule has 13 rings (SSSR count). The first-order chi connectivity index (χ1) is 48.9. The zero-order valence-electron chi connectivity index (χ0n) is 61.8. The molecule has 560 valence electrons. The molecule has 4 aliphatic rings. The van der Waals surface area contributed by atoms with Gasteiger partial charge in [0.25, 0.3) is 0 Å². The van der Waals surface area contributed by atoms with Crippen molar-refractivity contribution in [2.45, 2.75) is 183 Å². The van der Waals surface area contributed by atoms with Crippen LogP contribution in [0, 0.1) is 0 Å². The fourth-order valence-corrected chi connectivity index (χ4v) is 15.0. The summed E-state index contributed by atoms with van der Waals surface area (Å²) in [5, 5.41) is 58.1. The molecular formula is C67H97BBrCl2N17O9S4Si2. The van der Waals surface area contributed by atoms with Crippen LogP contribution in [-0.2, 0) is 84.3 Å². The van der Waals surface area contributed by atoms with E-state index in [1.54, 1.807) is 89.0 Å². The number of H-pyrrole nitrogens is 2. The van der Waals surface area contributed by atoms with Crippen molar-refractivity contribution in [3.8, 4) is 34.2 Å². The quantitative estimate of drug-likeness (QED) is 0.0410. The zero-order valence-corrected chi connectivity index (χ0v) is 69.2. The molecule has 6 N–H and O–H groups in total. The molecule has 0 radical (unpaired) electrons. The van der Waals surface area contributed by atoms with E-state index in [0.717, 1.165) is 118 Å². The molecule has 4 amide bonds. The molecule has 36 heteroatoms. The zero-order chi connectivity index (χ0) is 74.7. The minimum absolute atomic E-state index is 0. The van der Waals surface area contributed by atoms with Crippen molar-refractivity contribution in [1.29, 1.82) is 0 Å². The van der Waals surface area contributed by atoms with Crippen molar-refractivity contribution in [2.24, 2.45) is 0 Å². The summed E-state index contributed by atoms with van der Waals surface area (Å²) in [5.74, 6) is 0. The van der Waals surface area contributed by atoms with Crippen LogP contribution >= 0.6 is 85.3 Å². The molecule has 4 aliphatic heterocycles. The molecular weight excluding hydrogens is 1530 g/mol. The average molecular weight is 1630 g/mol. The number of urea groups is 1. The fraction of sp³-hybridized carbons (Fsp3) is 0.507. The number of nitrogens with zero attached hydrogens (tertiary/aromatic N) is 13. The van der Waals surface area contributed by atoms with Gasteiger partial charge in [0.05, 0.1) is 47.3 Å². The smallest absolute Gasteiger partial charge is 0.444 e.